The van der Waals surface area contributed by atoms with E-state index in [9.17, 15) is 14.4 Å². The smallest absolute Gasteiger partial charge is 0.227 e. The van der Waals surface area contributed by atoms with Gasteiger partial charge in [-0.1, -0.05) is 35.9 Å². The summed E-state index contributed by atoms with van der Waals surface area (Å²) in [6.07, 6.45) is 16.3. The van der Waals surface area contributed by atoms with Gasteiger partial charge in [0.15, 0.2) is 0 Å². The highest BCUT2D eigenvalue weighted by molar-refractivity contribution is 6.34. The molecular weight excluding hydrogens is 710 g/mol. The van der Waals surface area contributed by atoms with Crippen molar-refractivity contribution in [3.8, 4) is 33.4 Å². The lowest BCUT2D eigenvalue weighted by molar-refractivity contribution is -0.119. The molecule has 0 bridgehead atoms. The largest absolute Gasteiger partial charge is 0.326 e. The Morgan fingerprint density at radius 3 is 1.85 bits per heavy atom. The zero-order chi connectivity index (χ0) is 38.3. The number of amides is 3. The van der Waals surface area contributed by atoms with E-state index >= 15 is 0 Å². The highest BCUT2D eigenvalue weighted by atomic mass is 35.5. The minimum Gasteiger partial charge on any atom is -0.326 e. The molecule has 2 N–H and O–H groups in total. The van der Waals surface area contributed by atoms with Crippen LogP contribution in [0.1, 0.15) is 49.8 Å². The maximum atomic E-state index is 12.1. The van der Waals surface area contributed by atoms with E-state index < -0.39 is 0 Å². The van der Waals surface area contributed by atoms with Crippen LogP contribution in [-0.2, 0) is 33.6 Å². The van der Waals surface area contributed by atoms with Crippen molar-refractivity contribution in [1.82, 2.24) is 19.9 Å². The number of hydrogen-bond donors (Lipinski definition) is 2. The first-order valence-corrected chi connectivity index (χ1v) is 18.7. The van der Waals surface area contributed by atoms with Crippen LogP contribution >= 0.6 is 11.6 Å². The molecule has 55 heavy (non-hydrogen) atoms. The summed E-state index contributed by atoms with van der Waals surface area (Å²) in [7, 11) is 0. The van der Waals surface area contributed by atoms with Gasteiger partial charge in [-0.05, 0) is 121 Å². The number of benzene rings is 3. The average molecular weight is 750 g/mol. The molecule has 6 aromatic rings. The average Bonchev–Trinajstić information content (AvgIpc) is 3.22. The third kappa shape index (κ3) is 8.77. The fourth-order valence-corrected chi connectivity index (χ4v) is 7.24. The van der Waals surface area contributed by atoms with Crippen LogP contribution in [0.2, 0.25) is 5.02 Å². The molecule has 276 valence electrons. The number of anilines is 3. The van der Waals surface area contributed by atoms with E-state index in [0.29, 0.717) is 24.3 Å². The normalized spacial score (nSPS) is 14.2. The maximum Gasteiger partial charge on any atom is 0.227 e. The van der Waals surface area contributed by atoms with Crippen molar-refractivity contribution >= 4 is 46.4 Å². The Hall–Kier alpha value is -6.26. The molecule has 3 aromatic heterocycles. The number of rotatable bonds is 4. The Labute approximate surface area is 325 Å². The van der Waals surface area contributed by atoms with Crippen LogP contribution in [0.15, 0.2) is 116 Å². The molecule has 10 nitrogen and oxygen atoms in total. The third-order valence-corrected chi connectivity index (χ3v) is 9.97. The molecule has 0 saturated carbocycles. The Morgan fingerprint density at radius 1 is 0.582 bits per heavy atom. The number of carbonyl (C=O) groups is 3. The van der Waals surface area contributed by atoms with E-state index in [1.54, 1.807) is 31.0 Å². The van der Waals surface area contributed by atoms with Crippen molar-refractivity contribution in [2.24, 2.45) is 0 Å². The molecule has 0 aliphatic carbocycles. The van der Waals surface area contributed by atoms with Gasteiger partial charge in [0, 0.05) is 85.0 Å². The maximum absolute atomic E-state index is 12.1. The summed E-state index contributed by atoms with van der Waals surface area (Å²) in [5, 5.41) is 6.27. The lowest BCUT2D eigenvalue weighted by Gasteiger charge is -2.33. The van der Waals surface area contributed by atoms with Crippen LogP contribution in [0, 0.1) is 0 Å². The van der Waals surface area contributed by atoms with Crippen molar-refractivity contribution in [2.75, 3.05) is 15.5 Å². The van der Waals surface area contributed by atoms with Gasteiger partial charge in [-0.2, -0.15) is 0 Å². The van der Waals surface area contributed by atoms with Gasteiger partial charge >= 0.3 is 0 Å². The Balaban J connectivity index is 0.000000127. The van der Waals surface area contributed by atoms with Gasteiger partial charge < -0.3 is 15.5 Å². The molecule has 0 radical (unpaired) electrons. The summed E-state index contributed by atoms with van der Waals surface area (Å²) in [5.41, 5.74) is 12.6. The first-order valence-electron chi connectivity index (χ1n) is 18.3. The molecule has 3 aliphatic heterocycles. The first kappa shape index (κ1) is 37.1. The number of halogens is 1. The van der Waals surface area contributed by atoms with Crippen LogP contribution in [0.25, 0.3) is 33.4 Å². The molecule has 11 heteroatoms. The van der Waals surface area contributed by atoms with Gasteiger partial charge in [0.05, 0.1) is 10.7 Å². The quantitative estimate of drug-likeness (QED) is 0.184. The number of aryl methyl sites for hydroxylation is 3. The van der Waals surface area contributed by atoms with Gasteiger partial charge in [0.1, 0.15) is 6.33 Å². The first-order chi connectivity index (χ1) is 26.7. The summed E-state index contributed by atoms with van der Waals surface area (Å²) in [5.74, 6) is 0.341. The van der Waals surface area contributed by atoms with E-state index in [1.807, 2.05) is 47.5 Å². The number of hydrogen-bond acceptors (Lipinski definition) is 7. The standard InChI is InChI=1S/C17H18N2O.C14H11ClN2O.C13H11N3O/c1-12(2)19-16-7-5-13(15-4-3-9-18-11-15)10-14(16)6-8-17(19)20;15-12-7-11(10-2-1-5-16-8-10)6-9-3-4-13(18)17-14(9)12;17-13-4-2-10-5-9(1-3-12(10)16-13)11-6-14-8-15-7-11/h3-5,7,9-12H,6,8H2,1-2H3;1-2,5-8H,3-4H2,(H,17,18);1,3,5-8H,2,4H2,(H,16,17). The van der Waals surface area contributed by atoms with Crippen LogP contribution < -0.4 is 15.5 Å². The third-order valence-electron chi connectivity index (χ3n) is 9.67. The topological polar surface area (TPSA) is 130 Å². The highest BCUT2D eigenvalue weighted by Gasteiger charge is 2.26. The highest BCUT2D eigenvalue weighted by Crippen LogP contribution is 2.36. The minimum absolute atomic E-state index is 0.0264. The molecule has 3 aromatic carbocycles. The van der Waals surface area contributed by atoms with E-state index in [2.05, 4.69) is 80.8 Å². The van der Waals surface area contributed by atoms with E-state index in [4.69, 9.17) is 11.6 Å². The molecular formula is C44H40ClN7O3. The predicted molar refractivity (Wildman–Crippen MR) is 217 cm³/mol. The number of pyridine rings is 2. The van der Waals surface area contributed by atoms with Crippen molar-refractivity contribution in [2.45, 2.75) is 58.4 Å². The number of aromatic nitrogens is 4. The number of nitrogens with one attached hydrogen (secondary N) is 2. The molecule has 0 saturated heterocycles. The van der Waals surface area contributed by atoms with Gasteiger partial charge in [0.25, 0.3) is 0 Å². The number of nitrogens with zero attached hydrogens (tertiary/aromatic N) is 5. The number of fused-ring (bicyclic) bond motifs is 3. The van der Waals surface area contributed by atoms with E-state index in [1.165, 1.54) is 17.5 Å². The zero-order valence-corrected chi connectivity index (χ0v) is 31.4. The lowest BCUT2D eigenvalue weighted by atomic mass is 9.95. The van der Waals surface area contributed by atoms with Gasteiger partial charge in [-0.15, -0.1) is 0 Å². The van der Waals surface area contributed by atoms with Gasteiger partial charge in [0.2, 0.25) is 17.7 Å². The summed E-state index contributed by atoms with van der Waals surface area (Å²) in [6, 6.07) is 24.3. The summed E-state index contributed by atoms with van der Waals surface area (Å²) < 4.78 is 0. The summed E-state index contributed by atoms with van der Waals surface area (Å²) >= 11 is 6.23. The Kier molecular flexibility index (Phi) is 11.3. The van der Waals surface area contributed by atoms with Crippen molar-refractivity contribution in [1.29, 1.82) is 0 Å². The van der Waals surface area contributed by atoms with Crippen molar-refractivity contribution in [3.63, 3.8) is 0 Å². The van der Waals surface area contributed by atoms with Crippen molar-refractivity contribution in [3.05, 3.63) is 138 Å². The van der Waals surface area contributed by atoms with E-state index in [-0.39, 0.29) is 23.8 Å². The van der Waals surface area contributed by atoms with Crippen LogP contribution in [0.3, 0.4) is 0 Å². The zero-order valence-electron chi connectivity index (χ0n) is 30.6. The molecule has 0 unspecified atom stereocenters. The fourth-order valence-electron chi connectivity index (χ4n) is 6.96. The number of carbonyl (C=O) groups excluding carboxylic acids is 3. The predicted octanol–water partition coefficient (Wildman–Crippen LogP) is 8.75. The molecule has 3 aliphatic rings. The second-order valence-electron chi connectivity index (χ2n) is 13.8. The lowest BCUT2D eigenvalue weighted by Crippen LogP contribution is -2.40. The molecule has 0 fully saturated rings. The molecule has 9 rings (SSSR count). The summed E-state index contributed by atoms with van der Waals surface area (Å²) in [6.45, 7) is 4.12. The Bertz CT molecular complexity index is 2340. The van der Waals surface area contributed by atoms with Gasteiger partial charge in [-0.3, -0.25) is 24.4 Å². The second kappa shape index (κ2) is 16.8. The van der Waals surface area contributed by atoms with Crippen LogP contribution in [0.5, 0.6) is 0 Å². The molecule has 0 atom stereocenters. The fraction of sp³-hybridized carbons (Fsp3) is 0.205. The molecule has 0 spiro atoms. The van der Waals surface area contributed by atoms with Crippen LogP contribution in [-0.4, -0.2) is 43.7 Å². The van der Waals surface area contributed by atoms with Gasteiger partial charge in [-0.25, -0.2) is 9.97 Å². The second-order valence-corrected chi connectivity index (χ2v) is 14.2. The van der Waals surface area contributed by atoms with Crippen LogP contribution in [0.4, 0.5) is 17.1 Å². The van der Waals surface area contributed by atoms with E-state index in [0.717, 1.165) is 75.3 Å². The molecule has 6 heterocycles. The van der Waals surface area contributed by atoms with Crippen molar-refractivity contribution < 1.29 is 14.4 Å². The Morgan fingerprint density at radius 2 is 1.16 bits per heavy atom. The SMILES string of the molecule is CC(C)N1C(=O)CCc2cc(-c3cccnc3)ccc21.O=C1CCc2cc(-c3cccnc3)cc(Cl)c2N1.O=C1CCc2cc(-c3cncnc3)ccc2N1. The molecule has 3 amide bonds. The monoisotopic (exact) mass is 749 g/mol. The minimum atomic E-state index is 0.0264. The summed E-state index contributed by atoms with van der Waals surface area (Å²) in [4.78, 5) is 52.9.